The van der Waals surface area contributed by atoms with Gasteiger partial charge < -0.3 is 15.0 Å². The number of rotatable bonds is 14. The van der Waals surface area contributed by atoms with Crippen LogP contribution in [0.4, 0.5) is 5.69 Å². The van der Waals surface area contributed by atoms with Gasteiger partial charge in [-0.2, -0.15) is 0 Å². The molecule has 44 heavy (non-hydrogen) atoms. The number of amides is 2. The maximum absolute atomic E-state index is 14.0. The molecule has 1 saturated carbocycles. The van der Waals surface area contributed by atoms with Crippen LogP contribution in [0.3, 0.4) is 0 Å². The largest absolute Gasteiger partial charge is 0.497 e. The Labute approximate surface area is 270 Å². The van der Waals surface area contributed by atoms with Crippen LogP contribution in [-0.4, -0.2) is 57.1 Å². The summed E-state index contributed by atoms with van der Waals surface area (Å²) >= 11 is 12.5. The summed E-state index contributed by atoms with van der Waals surface area (Å²) in [4.78, 5) is 29.5. The molecule has 8 nitrogen and oxygen atoms in total. The molecule has 4 rings (SSSR count). The van der Waals surface area contributed by atoms with E-state index in [0.29, 0.717) is 27.9 Å². The van der Waals surface area contributed by atoms with Gasteiger partial charge >= 0.3 is 0 Å². The summed E-state index contributed by atoms with van der Waals surface area (Å²) in [5.74, 6) is 0.141. The number of carbonyl (C=O) groups excluding carboxylic acids is 2. The van der Waals surface area contributed by atoms with E-state index in [0.717, 1.165) is 43.1 Å². The van der Waals surface area contributed by atoms with Crippen molar-refractivity contribution in [2.75, 3.05) is 24.2 Å². The summed E-state index contributed by atoms with van der Waals surface area (Å²) in [5, 5.41) is 3.94. The van der Waals surface area contributed by atoms with E-state index in [1.165, 1.54) is 11.4 Å². The van der Waals surface area contributed by atoms with E-state index in [4.69, 9.17) is 27.9 Å². The minimum Gasteiger partial charge on any atom is -0.497 e. The first kappa shape index (κ1) is 33.6. The van der Waals surface area contributed by atoms with Crippen molar-refractivity contribution in [2.45, 2.75) is 63.6 Å². The number of hydrogen-bond acceptors (Lipinski definition) is 5. The van der Waals surface area contributed by atoms with Crippen LogP contribution in [0.25, 0.3) is 0 Å². The molecular weight excluding hydrogens is 621 g/mol. The van der Waals surface area contributed by atoms with Crippen LogP contribution >= 0.6 is 23.2 Å². The first-order chi connectivity index (χ1) is 21.0. The minimum atomic E-state index is -3.62. The van der Waals surface area contributed by atoms with Gasteiger partial charge in [-0.25, -0.2) is 8.42 Å². The first-order valence-corrected chi connectivity index (χ1v) is 17.3. The topological polar surface area (TPSA) is 96.0 Å². The molecule has 0 spiro atoms. The van der Waals surface area contributed by atoms with Crippen molar-refractivity contribution < 1.29 is 22.7 Å². The number of hydrogen-bond donors (Lipinski definition) is 1. The molecule has 2 amide bonds. The van der Waals surface area contributed by atoms with Crippen molar-refractivity contribution >= 4 is 50.7 Å². The summed E-state index contributed by atoms with van der Waals surface area (Å²) in [6.07, 6.45) is 5.70. The number of ether oxygens (including phenoxy) is 1. The molecule has 1 fully saturated rings. The molecule has 0 heterocycles. The van der Waals surface area contributed by atoms with Crippen molar-refractivity contribution in [3.63, 3.8) is 0 Å². The van der Waals surface area contributed by atoms with Gasteiger partial charge in [0.25, 0.3) is 0 Å². The predicted octanol–water partition coefficient (Wildman–Crippen LogP) is 6.25. The van der Waals surface area contributed by atoms with Crippen LogP contribution < -0.4 is 14.4 Å². The van der Waals surface area contributed by atoms with E-state index >= 15 is 0 Å². The van der Waals surface area contributed by atoms with E-state index in [1.807, 2.05) is 30.3 Å². The Bertz CT molecular complexity index is 1510. The quantitative estimate of drug-likeness (QED) is 0.221. The molecule has 1 aliphatic rings. The van der Waals surface area contributed by atoms with Crippen LogP contribution in [0.5, 0.6) is 5.75 Å². The van der Waals surface area contributed by atoms with E-state index < -0.39 is 16.1 Å². The molecule has 0 radical (unpaired) electrons. The Hall–Kier alpha value is -3.27. The fourth-order valence-corrected chi connectivity index (χ4v) is 6.79. The molecule has 0 unspecified atom stereocenters. The van der Waals surface area contributed by atoms with Gasteiger partial charge in [0.05, 0.1) is 29.1 Å². The van der Waals surface area contributed by atoms with Crippen molar-refractivity contribution in [2.24, 2.45) is 0 Å². The van der Waals surface area contributed by atoms with E-state index in [2.05, 4.69) is 5.32 Å². The maximum Gasteiger partial charge on any atom is 0.243 e. The second-order valence-corrected chi connectivity index (χ2v) is 13.8. The number of halogens is 2. The van der Waals surface area contributed by atoms with Gasteiger partial charge in [0.2, 0.25) is 21.8 Å². The lowest BCUT2D eigenvalue weighted by Crippen LogP contribution is -2.52. The SMILES string of the molecule is COc1ccc(N(CCCC(=O)N(Cc2ccc(Cl)c(Cl)c2)[C@H](Cc2ccccc2)C(=O)NC2CCCC2)S(C)(=O)=O)cc1. The van der Waals surface area contributed by atoms with E-state index in [9.17, 15) is 18.0 Å². The Kier molecular flexibility index (Phi) is 11.9. The van der Waals surface area contributed by atoms with Gasteiger partial charge in [-0.05, 0) is 66.8 Å². The summed E-state index contributed by atoms with van der Waals surface area (Å²) in [6, 6.07) is 20.8. The highest BCUT2D eigenvalue weighted by Crippen LogP contribution is 2.26. The summed E-state index contributed by atoms with van der Waals surface area (Å²) in [7, 11) is -2.08. The number of anilines is 1. The fraction of sp³-hybridized carbons (Fsp3) is 0.394. The summed E-state index contributed by atoms with van der Waals surface area (Å²) in [5.41, 5.74) is 2.13. The van der Waals surface area contributed by atoms with Gasteiger partial charge in [0.1, 0.15) is 11.8 Å². The highest BCUT2D eigenvalue weighted by molar-refractivity contribution is 7.92. The molecular formula is C33H39Cl2N3O5S. The Morgan fingerprint density at radius 1 is 0.955 bits per heavy atom. The number of carbonyl (C=O) groups is 2. The van der Waals surface area contributed by atoms with Crippen molar-refractivity contribution in [1.82, 2.24) is 10.2 Å². The molecule has 11 heteroatoms. The van der Waals surface area contributed by atoms with Crippen LogP contribution in [0.1, 0.15) is 49.7 Å². The van der Waals surface area contributed by atoms with Crippen LogP contribution in [-0.2, 0) is 32.6 Å². The molecule has 0 saturated heterocycles. The molecule has 0 aliphatic heterocycles. The number of benzene rings is 3. The van der Waals surface area contributed by atoms with Gasteiger partial charge in [-0.1, -0.05) is 72.4 Å². The maximum atomic E-state index is 14.0. The second kappa shape index (κ2) is 15.6. The average Bonchev–Trinajstić information content (AvgIpc) is 3.52. The third-order valence-corrected chi connectivity index (χ3v) is 9.76. The fourth-order valence-electron chi connectivity index (χ4n) is 5.51. The van der Waals surface area contributed by atoms with Crippen LogP contribution in [0.15, 0.2) is 72.8 Å². The number of nitrogens with one attached hydrogen (secondary N) is 1. The van der Waals surface area contributed by atoms with Crippen molar-refractivity contribution in [1.29, 1.82) is 0 Å². The third-order valence-electron chi connectivity index (χ3n) is 7.82. The zero-order chi connectivity index (χ0) is 31.7. The van der Waals surface area contributed by atoms with Gasteiger partial charge in [-0.3, -0.25) is 13.9 Å². The van der Waals surface area contributed by atoms with Gasteiger partial charge in [0, 0.05) is 32.0 Å². The smallest absolute Gasteiger partial charge is 0.243 e. The number of nitrogens with zero attached hydrogens (tertiary/aromatic N) is 2. The zero-order valence-corrected chi connectivity index (χ0v) is 27.4. The highest BCUT2D eigenvalue weighted by Gasteiger charge is 2.32. The highest BCUT2D eigenvalue weighted by atomic mass is 35.5. The Morgan fingerprint density at radius 2 is 1.64 bits per heavy atom. The second-order valence-electron chi connectivity index (χ2n) is 11.1. The molecule has 1 atom stereocenters. The van der Waals surface area contributed by atoms with Crippen molar-refractivity contribution in [3.05, 3.63) is 94.0 Å². The monoisotopic (exact) mass is 659 g/mol. The van der Waals surface area contributed by atoms with E-state index in [1.54, 1.807) is 47.4 Å². The summed E-state index contributed by atoms with van der Waals surface area (Å²) < 4.78 is 31.8. The lowest BCUT2D eigenvalue weighted by molar-refractivity contribution is -0.141. The molecule has 0 aromatic heterocycles. The minimum absolute atomic E-state index is 0.0332. The standard InChI is InChI=1S/C33H39Cl2N3O5S/c1-43-28-17-15-27(16-18-28)38(44(2,41)42)20-8-13-32(39)37(23-25-14-19-29(34)30(35)21-25)31(22-24-9-4-3-5-10-24)33(40)36-26-11-6-7-12-26/h3-5,9-10,14-19,21,26,31H,6-8,11-13,20,22-23H2,1-2H3,(H,36,40)/t31-/m1/s1. The number of methoxy groups -OCH3 is 1. The first-order valence-electron chi connectivity index (χ1n) is 14.7. The lowest BCUT2D eigenvalue weighted by atomic mass is 10.0. The van der Waals surface area contributed by atoms with Gasteiger partial charge in [0.15, 0.2) is 0 Å². The van der Waals surface area contributed by atoms with Crippen LogP contribution in [0.2, 0.25) is 10.0 Å². The average molecular weight is 661 g/mol. The molecule has 3 aromatic rings. The molecule has 236 valence electrons. The van der Waals surface area contributed by atoms with E-state index in [-0.39, 0.29) is 43.8 Å². The lowest BCUT2D eigenvalue weighted by Gasteiger charge is -2.33. The molecule has 0 bridgehead atoms. The predicted molar refractivity (Wildman–Crippen MR) is 176 cm³/mol. The number of sulfonamides is 1. The van der Waals surface area contributed by atoms with Gasteiger partial charge in [-0.15, -0.1) is 0 Å². The third kappa shape index (κ3) is 9.36. The summed E-state index contributed by atoms with van der Waals surface area (Å²) in [6.45, 7) is 0.231. The normalized spacial score (nSPS) is 14.2. The zero-order valence-electron chi connectivity index (χ0n) is 25.0. The van der Waals surface area contributed by atoms with Crippen molar-refractivity contribution in [3.8, 4) is 5.75 Å². The molecule has 1 N–H and O–H groups in total. The Balaban J connectivity index is 1.59. The molecule has 1 aliphatic carbocycles. The molecule has 3 aromatic carbocycles. The van der Waals surface area contributed by atoms with Crippen LogP contribution in [0, 0.1) is 0 Å². The Morgan fingerprint density at radius 3 is 2.25 bits per heavy atom.